The molecule has 1 aliphatic rings. The number of hydrogen-bond donors (Lipinski definition) is 0. The third-order valence-electron chi connectivity index (χ3n) is 2.96. The van der Waals surface area contributed by atoms with Gasteiger partial charge in [-0.1, -0.05) is 18.2 Å². The number of rotatable bonds is 1. The number of hydrogen-bond acceptors (Lipinski definition) is 2. The Labute approximate surface area is 107 Å². The molecular weight excluding hydrogens is 228 g/mol. The summed E-state index contributed by atoms with van der Waals surface area (Å²) in [6.45, 7) is 6.07. The number of carbonyl (C=O) groups excluding carboxylic acids is 2. The molecule has 96 valence electrons. The Bertz CT molecular complexity index is 462. The van der Waals surface area contributed by atoms with Crippen molar-refractivity contribution in [3.8, 4) is 0 Å². The summed E-state index contributed by atoms with van der Waals surface area (Å²) in [4.78, 5) is 27.3. The van der Waals surface area contributed by atoms with E-state index in [1.807, 2.05) is 51.1 Å². The van der Waals surface area contributed by atoms with Crippen LogP contribution in [0.3, 0.4) is 0 Å². The van der Waals surface area contributed by atoms with Crippen LogP contribution in [0.25, 0.3) is 0 Å². The number of imide groups is 1. The summed E-state index contributed by atoms with van der Waals surface area (Å²) in [5, 5.41) is 0. The molecule has 0 atom stereocenters. The average molecular weight is 246 g/mol. The van der Waals surface area contributed by atoms with Gasteiger partial charge in [0.15, 0.2) is 0 Å². The first-order chi connectivity index (χ1) is 8.41. The lowest BCUT2D eigenvalue weighted by molar-refractivity contribution is -0.132. The van der Waals surface area contributed by atoms with Gasteiger partial charge in [0.2, 0.25) is 5.91 Å². The Morgan fingerprint density at radius 1 is 1.06 bits per heavy atom. The van der Waals surface area contributed by atoms with Gasteiger partial charge >= 0.3 is 6.03 Å². The van der Waals surface area contributed by atoms with Crippen LogP contribution >= 0.6 is 0 Å². The van der Waals surface area contributed by atoms with Gasteiger partial charge in [0.1, 0.15) is 0 Å². The molecule has 1 fully saturated rings. The van der Waals surface area contributed by atoms with Crippen molar-refractivity contribution in [2.45, 2.75) is 32.7 Å². The second-order valence-electron chi connectivity index (χ2n) is 5.42. The standard InChI is InChI=1S/C14H18N2O2/c1-14(2,3)16-12(17)9-10-15(13(16)18)11-7-5-4-6-8-11/h4-8H,9-10H2,1-3H3. The summed E-state index contributed by atoms with van der Waals surface area (Å²) in [6, 6.07) is 9.22. The van der Waals surface area contributed by atoms with E-state index in [2.05, 4.69) is 0 Å². The zero-order chi connectivity index (χ0) is 13.3. The largest absolute Gasteiger partial charge is 0.331 e. The highest BCUT2D eigenvalue weighted by molar-refractivity contribution is 6.06. The molecule has 0 aliphatic carbocycles. The first-order valence-electron chi connectivity index (χ1n) is 6.11. The van der Waals surface area contributed by atoms with Crippen molar-refractivity contribution in [3.63, 3.8) is 0 Å². The molecular formula is C14H18N2O2. The predicted octanol–water partition coefficient (Wildman–Crippen LogP) is 2.64. The lowest BCUT2D eigenvalue weighted by Crippen LogP contribution is -2.59. The zero-order valence-electron chi connectivity index (χ0n) is 11.0. The van der Waals surface area contributed by atoms with Crippen molar-refractivity contribution >= 4 is 17.6 Å². The highest BCUT2D eigenvalue weighted by atomic mass is 16.2. The Morgan fingerprint density at radius 3 is 2.22 bits per heavy atom. The average Bonchev–Trinajstić information content (AvgIpc) is 2.28. The molecule has 0 bridgehead atoms. The first kappa shape index (κ1) is 12.6. The minimum absolute atomic E-state index is 0.0975. The third-order valence-corrected chi connectivity index (χ3v) is 2.96. The van der Waals surface area contributed by atoms with Crippen molar-refractivity contribution < 1.29 is 9.59 Å². The molecule has 1 saturated heterocycles. The molecule has 4 heteroatoms. The quantitative estimate of drug-likeness (QED) is 0.764. The van der Waals surface area contributed by atoms with Gasteiger partial charge < -0.3 is 0 Å². The molecule has 1 aliphatic heterocycles. The van der Waals surface area contributed by atoms with E-state index in [1.165, 1.54) is 4.90 Å². The van der Waals surface area contributed by atoms with Crippen molar-refractivity contribution in [3.05, 3.63) is 30.3 Å². The SMILES string of the molecule is CC(C)(C)N1C(=O)CCN(c2ccccc2)C1=O. The summed E-state index contributed by atoms with van der Waals surface area (Å²) in [6.07, 6.45) is 0.373. The second kappa shape index (κ2) is 4.44. The third kappa shape index (κ3) is 2.23. The molecule has 18 heavy (non-hydrogen) atoms. The minimum atomic E-state index is -0.485. The fraction of sp³-hybridized carbons (Fsp3) is 0.429. The van der Waals surface area contributed by atoms with Crippen molar-refractivity contribution in [2.75, 3.05) is 11.4 Å². The Morgan fingerprint density at radius 2 is 1.67 bits per heavy atom. The fourth-order valence-electron chi connectivity index (χ4n) is 2.15. The molecule has 1 aromatic rings. The lowest BCUT2D eigenvalue weighted by atomic mass is 10.0. The van der Waals surface area contributed by atoms with E-state index < -0.39 is 5.54 Å². The van der Waals surface area contributed by atoms with Gasteiger partial charge in [-0.25, -0.2) is 4.79 Å². The first-order valence-corrected chi connectivity index (χ1v) is 6.11. The molecule has 3 amide bonds. The van der Waals surface area contributed by atoms with Crippen LogP contribution in [-0.2, 0) is 4.79 Å². The molecule has 1 aromatic carbocycles. The van der Waals surface area contributed by atoms with E-state index in [9.17, 15) is 9.59 Å². The second-order valence-corrected chi connectivity index (χ2v) is 5.42. The summed E-state index contributed by atoms with van der Waals surface area (Å²) in [5.41, 5.74) is 0.353. The van der Waals surface area contributed by atoms with E-state index >= 15 is 0 Å². The van der Waals surface area contributed by atoms with E-state index in [4.69, 9.17) is 0 Å². The van der Waals surface area contributed by atoms with Crippen LogP contribution in [0.1, 0.15) is 27.2 Å². The molecule has 0 saturated carbocycles. The smallest absolute Gasteiger partial charge is 0.293 e. The Balaban J connectivity index is 2.32. The molecule has 0 spiro atoms. The van der Waals surface area contributed by atoms with Crippen LogP contribution in [0.15, 0.2) is 30.3 Å². The summed E-state index contributed by atoms with van der Waals surface area (Å²) in [7, 11) is 0. The van der Waals surface area contributed by atoms with Crippen molar-refractivity contribution in [2.24, 2.45) is 0 Å². The van der Waals surface area contributed by atoms with Crippen LogP contribution in [-0.4, -0.2) is 28.9 Å². The van der Waals surface area contributed by atoms with Gasteiger partial charge in [-0.3, -0.25) is 14.6 Å². The number of anilines is 1. The van der Waals surface area contributed by atoms with Gasteiger partial charge in [-0.2, -0.15) is 0 Å². The van der Waals surface area contributed by atoms with Crippen LogP contribution in [0.4, 0.5) is 10.5 Å². The van der Waals surface area contributed by atoms with Crippen molar-refractivity contribution in [1.82, 2.24) is 4.90 Å². The van der Waals surface area contributed by atoms with Gasteiger partial charge in [0, 0.05) is 24.2 Å². The van der Waals surface area contributed by atoms with E-state index in [1.54, 1.807) is 4.90 Å². The maximum absolute atomic E-state index is 12.4. The van der Waals surface area contributed by atoms with Crippen LogP contribution in [0.5, 0.6) is 0 Å². The summed E-state index contributed by atoms with van der Waals surface area (Å²) >= 11 is 0. The minimum Gasteiger partial charge on any atom is -0.293 e. The molecule has 0 aromatic heterocycles. The zero-order valence-corrected chi connectivity index (χ0v) is 11.0. The Hall–Kier alpha value is -1.84. The Kier molecular flexibility index (Phi) is 3.11. The van der Waals surface area contributed by atoms with Gasteiger partial charge in [-0.15, -0.1) is 0 Å². The van der Waals surface area contributed by atoms with E-state index in [0.717, 1.165) is 5.69 Å². The molecule has 0 unspecified atom stereocenters. The number of benzene rings is 1. The summed E-state index contributed by atoms with van der Waals surface area (Å²) < 4.78 is 0. The van der Waals surface area contributed by atoms with Gasteiger partial charge in [0.05, 0.1) is 0 Å². The van der Waals surface area contributed by atoms with Crippen LogP contribution in [0.2, 0.25) is 0 Å². The van der Waals surface area contributed by atoms with Crippen molar-refractivity contribution in [1.29, 1.82) is 0 Å². The molecule has 4 nitrogen and oxygen atoms in total. The lowest BCUT2D eigenvalue weighted by Gasteiger charge is -2.41. The highest BCUT2D eigenvalue weighted by Crippen LogP contribution is 2.25. The monoisotopic (exact) mass is 246 g/mol. The summed E-state index contributed by atoms with van der Waals surface area (Å²) in [5.74, 6) is -0.0975. The maximum Gasteiger partial charge on any atom is 0.331 e. The number of para-hydroxylation sites is 1. The fourth-order valence-corrected chi connectivity index (χ4v) is 2.15. The number of urea groups is 1. The maximum atomic E-state index is 12.4. The number of amides is 3. The highest BCUT2D eigenvalue weighted by Gasteiger charge is 2.39. The van der Waals surface area contributed by atoms with Gasteiger partial charge in [0.25, 0.3) is 0 Å². The topological polar surface area (TPSA) is 40.6 Å². The molecule has 2 rings (SSSR count). The molecule has 0 radical (unpaired) electrons. The van der Waals surface area contributed by atoms with E-state index in [0.29, 0.717) is 13.0 Å². The van der Waals surface area contributed by atoms with Crippen LogP contribution in [0, 0.1) is 0 Å². The predicted molar refractivity (Wildman–Crippen MR) is 70.4 cm³/mol. The van der Waals surface area contributed by atoms with E-state index in [-0.39, 0.29) is 11.9 Å². The van der Waals surface area contributed by atoms with Gasteiger partial charge in [-0.05, 0) is 32.9 Å². The molecule has 1 heterocycles. The number of carbonyl (C=O) groups is 2. The molecule has 0 N–H and O–H groups in total. The van der Waals surface area contributed by atoms with Crippen LogP contribution < -0.4 is 4.90 Å². The normalized spacial score (nSPS) is 17.3. The number of nitrogens with zero attached hydrogens (tertiary/aromatic N) is 2.